The Balaban J connectivity index is 2.05. The summed E-state index contributed by atoms with van der Waals surface area (Å²) in [6.07, 6.45) is 8.54. The van der Waals surface area contributed by atoms with Crippen molar-refractivity contribution < 1.29 is 9.53 Å². The zero-order chi connectivity index (χ0) is 15.1. The van der Waals surface area contributed by atoms with Crippen molar-refractivity contribution in [2.75, 3.05) is 7.11 Å². The van der Waals surface area contributed by atoms with Gasteiger partial charge in [0.25, 0.3) is 0 Å². The third-order valence-electron chi connectivity index (χ3n) is 4.53. The average Bonchev–Trinajstić information content (AvgIpc) is 2.49. The summed E-state index contributed by atoms with van der Waals surface area (Å²) >= 11 is 0. The van der Waals surface area contributed by atoms with Gasteiger partial charge in [-0.3, -0.25) is 4.79 Å². The Hall–Kier alpha value is -1.57. The predicted molar refractivity (Wildman–Crippen MR) is 86.0 cm³/mol. The molecule has 0 unspecified atom stereocenters. The van der Waals surface area contributed by atoms with E-state index in [1.165, 1.54) is 30.4 Å². The molecule has 0 spiro atoms. The Morgan fingerprint density at radius 3 is 2.76 bits per heavy atom. The van der Waals surface area contributed by atoms with E-state index >= 15 is 0 Å². The van der Waals surface area contributed by atoms with Crippen molar-refractivity contribution >= 4 is 5.78 Å². The molecular weight excluding hydrogens is 260 g/mol. The molecule has 2 nitrogen and oxygen atoms in total. The Morgan fingerprint density at radius 1 is 1.33 bits per heavy atom. The first-order valence-electron chi connectivity index (χ1n) is 7.96. The van der Waals surface area contributed by atoms with Crippen molar-refractivity contribution in [3.05, 3.63) is 47.7 Å². The smallest absolute Gasteiger partial charge is 0.133 e. The van der Waals surface area contributed by atoms with Gasteiger partial charge in [0.2, 0.25) is 0 Å². The lowest BCUT2D eigenvalue weighted by Gasteiger charge is -2.28. The van der Waals surface area contributed by atoms with Crippen LogP contribution >= 0.6 is 0 Å². The minimum absolute atomic E-state index is 0.121. The van der Waals surface area contributed by atoms with E-state index in [0.717, 1.165) is 19.3 Å². The number of allylic oxidation sites excluding steroid dienone is 1. The highest BCUT2D eigenvalue weighted by atomic mass is 16.5. The average molecular weight is 286 g/mol. The Bertz CT molecular complexity index is 476. The van der Waals surface area contributed by atoms with Gasteiger partial charge in [-0.05, 0) is 56.1 Å². The molecule has 0 saturated heterocycles. The molecule has 1 aromatic rings. The molecule has 0 heterocycles. The molecule has 1 aliphatic rings. The first kappa shape index (κ1) is 15.8. The zero-order valence-corrected chi connectivity index (χ0v) is 13.2. The number of benzene rings is 1. The summed E-state index contributed by atoms with van der Waals surface area (Å²) in [7, 11) is 1.71. The van der Waals surface area contributed by atoms with Crippen LogP contribution in [0.5, 0.6) is 0 Å². The molecule has 114 valence electrons. The van der Waals surface area contributed by atoms with Crippen molar-refractivity contribution in [2.24, 2.45) is 11.8 Å². The lowest BCUT2D eigenvalue weighted by Crippen LogP contribution is -2.21. The van der Waals surface area contributed by atoms with Gasteiger partial charge in [-0.15, -0.1) is 0 Å². The van der Waals surface area contributed by atoms with E-state index in [0.29, 0.717) is 11.7 Å². The maximum Gasteiger partial charge on any atom is 0.133 e. The molecule has 0 amide bonds. The van der Waals surface area contributed by atoms with Crippen LogP contribution in [0.2, 0.25) is 0 Å². The molecule has 1 saturated carbocycles. The summed E-state index contributed by atoms with van der Waals surface area (Å²) in [5, 5.41) is 0. The van der Waals surface area contributed by atoms with E-state index in [2.05, 4.69) is 12.1 Å². The van der Waals surface area contributed by atoms with Crippen LogP contribution < -0.4 is 0 Å². The summed E-state index contributed by atoms with van der Waals surface area (Å²) in [5.41, 5.74) is 2.65. The first-order chi connectivity index (χ1) is 10.2. The van der Waals surface area contributed by atoms with Crippen molar-refractivity contribution in [1.29, 1.82) is 0 Å². The lowest BCUT2D eigenvalue weighted by atomic mass is 9.77. The van der Waals surface area contributed by atoms with Crippen molar-refractivity contribution in [3.8, 4) is 0 Å². The molecule has 0 radical (unpaired) electrons. The molecular formula is C19H26O2. The van der Waals surface area contributed by atoms with Crippen molar-refractivity contribution in [3.63, 3.8) is 0 Å². The van der Waals surface area contributed by atoms with Gasteiger partial charge < -0.3 is 4.74 Å². The second kappa shape index (κ2) is 8.02. The highest BCUT2D eigenvalue weighted by molar-refractivity contribution is 5.78. The van der Waals surface area contributed by atoms with Gasteiger partial charge in [-0.1, -0.05) is 36.8 Å². The maximum atomic E-state index is 12.0. The molecule has 2 atom stereocenters. The number of carbonyl (C=O) groups is 1. The van der Waals surface area contributed by atoms with Crippen LogP contribution in [0.3, 0.4) is 0 Å². The maximum absolute atomic E-state index is 12.0. The van der Waals surface area contributed by atoms with Crippen LogP contribution in [-0.4, -0.2) is 12.9 Å². The first-order valence-corrected chi connectivity index (χ1v) is 7.96. The second-order valence-electron chi connectivity index (χ2n) is 6.10. The van der Waals surface area contributed by atoms with Gasteiger partial charge in [-0.2, -0.15) is 0 Å². The Kier molecular flexibility index (Phi) is 6.04. The van der Waals surface area contributed by atoms with Crippen LogP contribution in [0.25, 0.3) is 0 Å². The van der Waals surface area contributed by atoms with Gasteiger partial charge in [0.15, 0.2) is 0 Å². The zero-order valence-electron chi connectivity index (χ0n) is 13.2. The fourth-order valence-corrected chi connectivity index (χ4v) is 3.32. The van der Waals surface area contributed by atoms with Gasteiger partial charge >= 0.3 is 0 Å². The molecule has 0 bridgehead atoms. The number of ketones is 1. The minimum Gasteiger partial charge on any atom is -0.504 e. The highest BCUT2D eigenvalue weighted by Gasteiger charge is 2.25. The van der Waals surface area contributed by atoms with E-state index in [1.54, 1.807) is 14.0 Å². The van der Waals surface area contributed by atoms with E-state index in [1.807, 2.05) is 24.5 Å². The molecule has 21 heavy (non-hydrogen) atoms. The fraction of sp³-hybridized carbons (Fsp3) is 0.526. The van der Waals surface area contributed by atoms with Crippen LogP contribution in [0.4, 0.5) is 0 Å². The monoisotopic (exact) mass is 286 g/mol. The van der Waals surface area contributed by atoms with Crippen molar-refractivity contribution in [1.82, 2.24) is 0 Å². The van der Waals surface area contributed by atoms with Crippen LogP contribution in [0.15, 0.2) is 42.2 Å². The second-order valence-corrected chi connectivity index (χ2v) is 6.10. The van der Waals surface area contributed by atoms with Crippen LogP contribution in [-0.2, 0) is 16.0 Å². The predicted octanol–water partition coefficient (Wildman–Crippen LogP) is 4.54. The molecule has 1 aliphatic carbocycles. The number of rotatable bonds is 6. The number of ether oxygens (including phenoxy) is 1. The molecule has 0 aromatic heterocycles. The van der Waals surface area contributed by atoms with Gasteiger partial charge in [0.1, 0.15) is 5.78 Å². The summed E-state index contributed by atoms with van der Waals surface area (Å²) in [5.74, 6) is 0.938. The molecule has 1 fully saturated rings. The van der Waals surface area contributed by atoms with E-state index in [9.17, 15) is 4.79 Å². The highest BCUT2D eigenvalue weighted by Crippen LogP contribution is 2.35. The molecule has 2 heteroatoms. The third-order valence-corrected chi connectivity index (χ3v) is 4.53. The number of carbonyl (C=O) groups excluding carboxylic acids is 1. The van der Waals surface area contributed by atoms with Crippen LogP contribution in [0, 0.1) is 11.8 Å². The molecule has 1 aromatic carbocycles. The SMILES string of the molecule is CO/C=C1/CCCC[C@@H]1C[C@@H](Cc1ccccc1)C(C)=O. The number of Topliss-reactive ketones (excluding diaryl/α,β-unsaturated/α-hetero) is 1. The minimum atomic E-state index is 0.121. The summed E-state index contributed by atoms with van der Waals surface area (Å²) in [4.78, 5) is 12.0. The van der Waals surface area contributed by atoms with E-state index in [4.69, 9.17) is 4.74 Å². The molecule has 0 aliphatic heterocycles. The molecule has 2 rings (SSSR count). The summed E-state index contributed by atoms with van der Waals surface area (Å²) in [6.45, 7) is 1.73. The number of methoxy groups -OCH3 is 1. The van der Waals surface area contributed by atoms with E-state index in [-0.39, 0.29) is 5.92 Å². The topological polar surface area (TPSA) is 26.3 Å². The summed E-state index contributed by atoms with van der Waals surface area (Å²) in [6, 6.07) is 10.3. The largest absolute Gasteiger partial charge is 0.504 e. The Labute approximate surface area is 128 Å². The quantitative estimate of drug-likeness (QED) is 0.717. The molecule has 0 N–H and O–H groups in total. The van der Waals surface area contributed by atoms with Gasteiger partial charge in [-0.25, -0.2) is 0 Å². The third kappa shape index (κ3) is 4.73. The van der Waals surface area contributed by atoms with E-state index < -0.39 is 0 Å². The number of hydrogen-bond donors (Lipinski definition) is 0. The normalized spacial score (nSPS) is 22.0. The number of hydrogen-bond acceptors (Lipinski definition) is 2. The lowest BCUT2D eigenvalue weighted by molar-refractivity contribution is -0.121. The van der Waals surface area contributed by atoms with Gasteiger partial charge in [0, 0.05) is 5.92 Å². The van der Waals surface area contributed by atoms with Crippen LogP contribution in [0.1, 0.15) is 44.6 Å². The van der Waals surface area contributed by atoms with Crippen molar-refractivity contribution in [2.45, 2.75) is 45.4 Å². The Morgan fingerprint density at radius 2 is 2.10 bits per heavy atom. The standard InChI is InChI=1S/C19H26O2/c1-15(20)19(12-16-8-4-3-5-9-16)13-17-10-6-7-11-18(17)14-21-2/h3-5,8-9,14,17,19H,6-7,10-13H2,1-2H3/b18-14-/t17-,19-/m1/s1. The summed E-state index contributed by atoms with van der Waals surface area (Å²) < 4.78 is 5.22. The fourth-order valence-electron chi connectivity index (χ4n) is 3.32. The van der Waals surface area contributed by atoms with Gasteiger partial charge in [0.05, 0.1) is 13.4 Å².